The Labute approximate surface area is 236 Å². The molecule has 0 N–H and O–H groups in total. The van der Waals surface area contributed by atoms with Gasteiger partial charge in [0.2, 0.25) is 0 Å². The van der Waals surface area contributed by atoms with E-state index >= 15 is 0 Å². The predicted octanol–water partition coefficient (Wildman–Crippen LogP) is 1.34. The van der Waals surface area contributed by atoms with Crippen LogP contribution in [0.5, 0.6) is 11.5 Å². The van der Waals surface area contributed by atoms with Crippen molar-refractivity contribution in [3.8, 4) is 33.8 Å². The van der Waals surface area contributed by atoms with Gasteiger partial charge < -0.3 is 34.3 Å². The predicted molar refractivity (Wildman–Crippen MR) is 129 cm³/mol. The Morgan fingerprint density at radius 3 is 1.82 bits per heavy atom. The van der Waals surface area contributed by atoms with Gasteiger partial charge in [-0.2, -0.15) is 0 Å². The van der Waals surface area contributed by atoms with Crippen molar-refractivity contribution < 1.29 is 60.5 Å². The molecule has 0 aliphatic heterocycles. The van der Waals surface area contributed by atoms with Crippen LogP contribution < -0.4 is 34.3 Å². The zero-order valence-electron chi connectivity index (χ0n) is 21.3. The number of halogens is 2. The van der Waals surface area contributed by atoms with E-state index in [2.05, 4.69) is 77.9 Å². The molecule has 3 aromatic rings. The maximum Gasteiger partial charge on any atom is 3.00 e. The Bertz CT molecular complexity index is 1160. The van der Waals surface area contributed by atoms with Crippen LogP contribution in [0.3, 0.4) is 0 Å². The van der Waals surface area contributed by atoms with E-state index in [1.165, 1.54) is 33.4 Å². The standard InChI is InChI=1S/C29H33O2.2ClH.Zr/c1-28(2,3)24-16-21-18(14-23(24)20-11-9-10-12-26(20)30-7)13-19-15-27(31-8)25(17-22(19)21)29(4,5)6;;;/h9-12,15-17H,13H2,1-8H3;2*1H;/q-1;;;+3/p-2. The van der Waals surface area contributed by atoms with E-state index in [1.54, 1.807) is 14.2 Å². The summed E-state index contributed by atoms with van der Waals surface area (Å²) in [5, 5.41) is 0. The second-order valence-corrected chi connectivity index (χ2v) is 10.5. The van der Waals surface area contributed by atoms with Crippen molar-refractivity contribution >= 4 is 0 Å². The Hall–Kier alpha value is -1.28. The third-order valence-electron chi connectivity index (χ3n) is 6.23. The first-order valence-corrected chi connectivity index (χ1v) is 11.0. The zero-order valence-corrected chi connectivity index (χ0v) is 25.3. The maximum atomic E-state index is 5.77. The molecule has 179 valence electrons. The number of hydrogen-bond donors (Lipinski definition) is 0. The number of methoxy groups -OCH3 is 2. The molecule has 3 aromatic carbocycles. The van der Waals surface area contributed by atoms with Gasteiger partial charge in [0.25, 0.3) is 0 Å². The summed E-state index contributed by atoms with van der Waals surface area (Å²) in [5.41, 5.74) is 9.93. The average molecular weight is 576 g/mol. The smallest absolute Gasteiger partial charge is 1.00 e. The zero-order chi connectivity index (χ0) is 22.6. The van der Waals surface area contributed by atoms with Crippen molar-refractivity contribution in [1.29, 1.82) is 0 Å². The summed E-state index contributed by atoms with van der Waals surface area (Å²) in [6.07, 6.45) is 0.873. The van der Waals surface area contributed by atoms with Gasteiger partial charge in [0.1, 0.15) is 5.75 Å². The molecule has 2 nitrogen and oxygen atoms in total. The molecule has 0 fully saturated rings. The van der Waals surface area contributed by atoms with Crippen LogP contribution in [-0.4, -0.2) is 14.2 Å². The fourth-order valence-electron chi connectivity index (χ4n) is 4.59. The van der Waals surface area contributed by atoms with Gasteiger partial charge in [-0.3, -0.25) is 0 Å². The molecule has 1 aliphatic rings. The minimum absolute atomic E-state index is 0. The van der Waals surface area contributed by atoms with Crippen LogP contribution in [0.2, 0.25) is 0 Å². The molecule has 0 heterocycles. The van der Waals surface area contributed by atoms with Gasteiger partial charge in [0, 0.05) is 0 Å². The van der Waals surface area contributed by atoms with Crippen LogP contribution in [0.1, 0.15) is 63.8 Å². The molecule has 0 amide bonds. The molecular weight excluding hydrogens is 542 g/mol. The first kappa shape index (κ1) is 30.8. The van der Waals surface area contributed by atoms with E-state index in [0.717, 1.165) is 29.0 Å². The van der Waals surface area contributed by atoms with E-state index in [9.17, 15) is 0 Å². The van der Waals surface area contributed by atoms with Crippen LogP contribution in [0.15, 0.2) is 42.5 Å². The van der Waals surface area contributed by atoms with Crippen molar-refractivity contribution in [1.82, 2.24) is 0 Å². The molecule has 0 unspecified atom stereocenters. The summed E-state index contributed by atoms with van der Waals surface area (Å²) in [5.74, 6) is 1.86. The van der Waals surface area contributed by atoms with Crippen LogP contribution in [0.25, 0.3) is 22.3 Å². The summed E-state index contributed by atoms with van der Waals surface area (Å²) in [7, 11) is 3.50. The van der Waals surface area contributed by atoms with Gasteiger partial charge in [-0.05, 0) is 40.5 Å². The molecule has 0 spiro atoms. The molecule has 34 heavy (non-hydrogen) atoms. The molecule has 0 saturated carbocycles. The van der Waals surface area contributed by atoms with Crippen LogP contribution >= 0.6 is 0 Å². The number of hydrogen-bond acceptors (Lipinski definition) is 2. The Morgan fingerprint density at radius 1 is 0.706 bits per heavy atom. The molecule has 5 heteroatoms. The van der Waals surface area contributed by atoms with E-state index in [0.29, 0.717) is 0 Å². The minimum Gasteiger partial charge on any atom is -1.00 e. The van der Waals surface area contributed by atoms with Crippen LogP contribution in [0, 0.1) is 6.07 Å². The van der Waals surface area contributed by atoms with E-state index < -0.39 is 0 Å². The third-order valence-corrected chi connectivity index (χ3v) is 6.23. The molecule has 1 radical (unpaired) electrons. The van der Waals surface area contributed by atoms with Gasteiger partial charge >= 0.3 is 26.2 Å². The van der Waals surface area contributed by atoms with Crippen molar-refractivity contribution in [2.75, 3.05) is 14.2 Å². The summed E-state index contributed by atoms with van der Waals surface area (Å²) < 4.78 is 11.5. The Balaban J connectivity index is 0.00000193. The number of ether oxygens (including phenoxy) is 2. The first-order valence-electron chi connectivity index (χ1n) is 11.0. The minimum atomic E-state index is -0.0240. The molecule has 0 atom stereocenters. The number of para-hydroxylation sites is 1. The monoisotopic (exact) mass is 573 g/mol. The molecular formula is C29H33Cl2O2Zr. The van der Waals surface area contributed by atoms with Crippen molar-refractivity contribution in [3.05, 3.63) is 70.8 Å². The van der Waals surface area contributed by atoms with E-state index in [-0.39, 0.29) is 61.8 Å². The summed E-state index contributed by atoms with van der Waals surface area (Å²) >= 11 is 0. The second kappa shape index (κ2) is 11.2. The number of benzene rings is 3. The second-order valence-electron chi connectivity index (χ2n) is 10.5. The largest absolute Gasteiger partial charge is 3.00 e. The van der Waals surface area contributed by atoms with Crippen molar-refractivity contribution in [2.45, 2.75) is 58.8 Å². The molecule has 0 saturated heterocycles. The molecule has 4 rings (SSSR count). The fraction of sp³-hybridized carbons (Fsp3) is 0.379. The normalized spacial score (nSPS) is 11.9. The summed E-state index contributed by atoms with van der Waals surface area (Å²) in [6.45, 7) is 13.5. The Kier molecular flexibility index (Phi) is 10.1. The van der Waals surface area contributed by atoms with Gasteiger partial charge in [0.05, 0.1) is 20.0 Å². The van der Waals surface area contributed by atoms with Crippen molar-refractivity contribution in [3.63, 3.8) is 0 Å². The SMILES string of the molecule is COc1ccccc1-c1[c-]c2c(cc1C(C)(C)C)-c1cc(C(C)(C)C)c(OC)cc1C2.[Cl-].[Cl-].[Zr+3]. The van der Waals surface area contributed by atoms with E-state index in [1.807, 2.05) is 12.1 Å². The average Bonchev–Trinajstić information content (AvgIpc) is 3.07. The number of fused-ring (bicyclic) bond motifs is 3. The fourth-order valence-corrected chi connectivity index (χ4v) is 4.59. The van der Waals surface area contributed by atoms with Gasteiger partial charge in [-0.15, -0.1) is 28.8 Å². The van der Waals surface area contributed by atoms with Crippen molar-refractivity contribution in [2.24, 2.45) is 0 Å². The van der Waals surface area contributed by atoms with Crippen LogP contribution in [-0.2, 0) is 43.5 Å². The maximum absolute atomic E-state index is 5.77. The molecule has 1 aliphatic carbocycles. The number of rotatable bonds is 3. The first-order chi connectivity index (χ1) is 14.5. The summed E-state index contributed by atoms with van der Waals surface area (Å²) in [6, 6.07) is 19.0. The van der Waals surface area contributed by atoms with E-state index in [4.69, 9.17) is 9.47 Å². The van der Waals surface area contributed by atoms with Gasteiger partial charge in [-0.1, -0.05) is 82.5 Å². The third kappa shape index (κ3) is 5.58. The Morgan fingerprint density at radius 2 is 1.26 bits per heavy atom. The molecule has 0 aromatic heterocycles. The van der Waals surface area contributed by atoms with Gasteiger partial charge in [0.15, 0.2) is 0 Å². The topological polar surface area (TPSA) is 18.5 Å². The quantitative estimate of drug-likeness (QED) is 0.344. The summed E-state index contributed by atoms with van der Waals surface area (Å²) in [4.78, 5) is 0. The van der Waals surface area contributed by atoms with Crippen LogP contribution in [0.4, 0.5) is 0 Å². The van der Waals surface area contributed by atoms with Gasteiger partial charge in [-0.25, -0.2) is 0 Å². The molecule has 0 bridgehead atoms.